The maximum Gasteiger partial charge on any atom is 0.162 e. The lowest BCUT2D eigenvalue weighted by molar-refractivity contribution is 0.141. The summed E-state index contributed by atoms with van der Waals surface area (Å²) < 4.78 is 30.8. The Hall–Kier alpha value is -0.870. The summed E-state index contributed by atoms with van der Waals surface area (Å²) in [6.07, 6.45) is -0.00244. The fourth-order valence-corrected chi connectivity index (χ4v) is 1.31. The second kappa shape index (κ2) is 3.71. The van der Waals surface area contributed by atoms with E-state index in [0.717, 1.165) is 12.1 Å². The summed E-state index contributed by atoms with van der Waals surface area (Å²) in [6.45, 7) is 1.41. The highest BCUT2D eigenvalue weighted by Gasteiger charge is 2.20. The molecule has 0 spiro atoms. The average Bonchev–Trinajstić information content (AvgIpc) is 2.06. The maximum absolute atomic E-state index is 12.8. The highest BCUT2D eigenvalue weighted by molar-refractivity contribution is 6.32. The highest BCUT2D eigenvalue weighted by Crippen LogP contribution is 2.28. The van der Waals surface area contributed by atoms with Crippen LogP contribution in [0.5, 0.6) is 5.75 Å². The van der Waals surface area contributed by atoms with Crippen LogP contribution in [0.15, 0.2) is 12.1 Å². The maximum atomic E-state index is 12.8. The fraction of sp³-hybridized carbons (Fsp3) is 0.333. The van der Waals surface area contributed by atoms with E-state index < -0.39 is 11.6 Å². The van der Waals surface area contributed by atoms with Gasteiger partial charge in [-0.25, -0.2) is 8.78 Å². The van der Waals surface area contributed by atoms with E-state index in [4.69, 9.17) is 16.3 Å². The molecule has 0 bridgehead atoms. The number of halogens is 3. The molecule has 1 N–H and O–H groups in total. The Morgan fingerprint density at radius 3 is 2.50 bits per heavy atom. The van der Waals surface area contributed by atoms with E-state index in [-0.39, 0.29) is 16.9 Å². The van der Waals surface area contributed by atoms with Crippen LogP contribution < -0.4 is 10.1 Å². The third kappa shape index (κ3) is 1.81. The van der Waals surface area contributed by atoms with Crippen molar-refractivity contribution in [3.8, 4) is 5.75 Å². The molecule has 2 nitrogen and oxygen atoms in total. The Morgan fingerprint density at radius 1 is 1.29 bits per heavy atom. The molecular weight excluding hydrogens is 212 g/mol. The Labute approximate surface area is 84.8 Å². The van der Waals surface area contributed by atoms with Crippen LogP contribution in [0.4, 0.5) is 8.78 Å². The van der Waals surface area contributed by atoms with Crippen LogP contribution in [0.3, 0.4) is 0 Å². The zero-order chi connectivity index (χ0) is 10.1. The smallest absolute Gasteiger partial charge is 0.162 e. The average molecular weight is 220 g/mol. The minimum Gasteiger partial charge on any atom is -0.486 e. The second-order valence-corrected chi connectivity index (χ2v) is 3.50. The molecule has 1 aromatic carbocycles. The molecule has 0 aromatic heterocycles. The molecule has 0 saturated carbocycles. The van der Waals surface area contributed by atoms with Gasteiger partial charge in [-0.3, -0.25) is 0 Å². The molecule has 1 aromatic rings. The van der Waals surface area contributed by atoms with Crippen molar-refractivity contribution in [3.63, 3.8) is 0 Å². The predicted molar refractivity (Wildman–Crippen MR) is 48.7 cm³/mol. The van der Waals surface area contributed by atoms with Gasteiger partial charge in [-0.05, 0) is 6.07 Å². The van der Waals surface area contributed by atoms with Crippen LogP contribution >= 0.6 is 11.6 Å². The summed E-state index contributed by atoms with van der Waals surface area (Å²) in [5.74, 6) is -1.72. The van der Waals surface area contributed by atoms with Crippen LogP contribution in [0.25, 0.3) is 0 Å². The van der Waals surface area contributed by atoms with Crippen LogP contribution in [0.2, 0.25) is 5.02 Å². The molecule has 1 heterocycles. The Bertz CT molecular complexity index is 355. The first kappa shape index (κ1) is 9.68. The lowest BCUT2D eigenvalue weighted by Crippen LogP contribution is -2.50. The Balaban J connectivity index is 2.19. The molecular formula is C9H8ClF2NO. The molecule has 0 unspecified atom stereocenters. The van der Waals surface area contributed by atoms with Crippen molar-refractivity contribution in [1.82, 2.24) is 5.32 Å². The standard InChI is InChI=1S/C9H8ClF2NO/c10-6-1-7(11)8(12)2-9(6)14-5-3-13-4-5/h1-2,5,13H,3-4H2. The van der Waals surface area contributed by atoms with Crippen molar-refractivity contribution in [2.24, 2.45) is 0 Å². The number of hydrogen-bond acceptors (Lipinski definition) is 2. The monoisotopic (exact) mass is 219 g/mol. The molecule has 1 aliphatic rings. The third-order valence-corrected chi connectivity index (χ3v) is 2.31. The van der Waals surface area contributed by atoms with Gasteiger partial charge in [0.15, 0.2) is 11.6 Å². The fourth-order valence-electron chi connectivity index (χ4n) is 1.12. The van der Waals surface area contributed by atoms with Gasteiger partial charge in [0.2, 0.25) is 0 Å². The van der Waals surface area contributed by atoms with Crippen molar-refractivity contribution in [2.75, 3.05) is 13.1 Å². The highest BCUT2D eigenvalue weighted by atomic mass is 35.5. The van der Waals surface area contributed by atoms with E-state index in [9.17, 15) is 8.78 Å². The first-order valence-electron chi connectivity index (χ1n) is 4.19. The number of rotatable bonds is 2. The molecule has 1 fully saturated rings. The predicted octanol–water partition coefficient (Wildman–Crippen LogP) is 1.97. The summed E-state index contributed by atoms with van der Waals surface area (Å²) in [4.78, 5) is 0. The first-order valence-corrected chi connectivity index (χ1v) is 4.56. The van der Waals surface area contributed by atoms with E-state index in [1.165, 1.54) is 0 Å². The van der Waals surface area contributed by atoms with Crippen molar-refractivity contribution in [3.05, 3.63) is 28.8 Å². The summed E-state index contributed by atoms with van der Waals surface area (Å²) in [7, 11) is 0. The van der Waals surface area contributed by atoms with E-state index in [0.29, 0.717) is 13.1 Å². The Morgan fingerprint density at radius 2 is 1.93 bits per heavy atom. The molecule has 76 valence electrons. The topological polar surface area (TPSA) is 21.3 Å². The van der Waals surface area contributed by atoms with Gasteiger partial charge in [0.1, 0.15) is 11.9 Å². The van der Waals surface area contributed by atoms with E-state index in [1.54, 1.807) is 0 Å². The molecule has 0 radical (unpaired) electrons. The van der Waals surface area contributed by atoms with Gasteiger partial charge < -0.3 is 10.1 Å². The van der Waals surface area contributed by atoms with Crippen molar-refractivity contribution < 1.29 is 13.5 Å². The molecule has 5 heteroatoms. The first-order chi connectivity index (χ1) is 6.66. The van der Waals surface area contributed by atoms with E-state index in [1.807, 2.05) is 0 Å². The number of benzene rings is 1. The summed E-state index contributed by atoms with van der Waals surface area (Å²) >= 11 is 5.67. The van der Waals surface area contributed by atoms with Gasteiger partial charge in [0, 0.05) is 19.2 Å². The second-order valence-electron chi connectivity index (χ2n) is 3.09. The molecule has 0 aliphatic carbocycles. The van der Waals surface area contributed by atoms with Crippen LogP contribution in [0, 0.1) is 11.6 Å². The van der Waals surface area contributed by atoms with Gasteiger partial charge in [-0.1, -0.05) is 11.6 Å². The molecule has 14 heavy (non-hydrogen) atoms. The molecule has 1 saturated heterocycles. The van der Waals surface area contributed by atoms with E-state index in [2.05, 4.69) is 5.32 Å². The lowest BCUT2D eigenvalue weighted by Gasteiger charge is -2.28. The Kier molecular flexibility index (Phi) is 2.56. The van der Waals surface area contributed by atoms with Crippen LogP contribution in [-0.2, 0) is 0 Å². The minimum atomic E-state index is -0.964. The van der Waals surface area contributed by atoms with Crippen LogP contribution in [-0.4, -0.2) is 19.2 Å². The zero-order valence-electron chi connectivity index (χ0n) is 7.19. The lowest BCUT2D eigenvalue weighted by atomic mass is 10.2. The van der Waals surface area contributed by atoms with Crippen LogP contribution in [0.1, 0.15) is 0 Å². The summed E-state index contributed by atoms with van der Waals surface area (Å²) in [5.41, 5.74) is 0. The number of hydrogen-bond donors (Lipinski definition) is 1. The van der Waals surface area contributed by atoms with Gasteiger partial charge in [-0.2, -0.15) is 0 Å². The summed E-state index contributed by atoms with van der Waals surface area (Å²) in [5, 5.41) is 3.08. The summed E-state index contributed by atoms with van der Waals surface area (Å²) in [6, 6.07) is 1.88. The molecule has 2 rings (SSSR count). The van der Waals surface area contributed by atoms with Gasteiger partial charge >= 0.3 is 0 Å². The quantitative estimate of drug-likeness (QED) is 0.768. The molecule has 1 aliphatic heterocycles. The van der Waals surface area contributed by atoms with E-state index >= 15 is 0 Å². The van der Waals surface area contributed by atoms with Gasteiger partial charge in [0.25, 0.3) is 0 Å². The molecule has 0 atom stereocenters. The number of nitrogens with one attached hydrogen (secondary N) is 1. The largest absolute Gasteiger partial charge is 0.486 e. The third-order valence-electron chi connectivity index (χ3n) is 2.01. The minimum absolute atomic E-state index is 0.00244. The van der Waals surface area contributed by atoms with Crippen molar-refractivity contribution >= 4 is 11.6 Å². The van der Waals surface area contributed by atoms with Gasteiger partial charge in [-0.15, -0.1) is 0 Å². The van der Waals surface area contributed by atoms with Gasteiger partial charge in [0.05, 0.1) is 5.02 Å². The normalized spacial score (nSPS) is 16.5. The SMILES string of the molecule is Fc1cc(Cl)c(OC2CNC2)cc1F. The van der Waals surface area contributed by atoms with Crippen molar-refractivity contribution in [1.29, 1.82) is 0 Å². The number of ether oxygens (including phenoxy) is 1. The molecule has 0 amide bonds. The zero-order valence-corrected chi connectivity index (χ0v) is 7.94. The van der Waals surface area contributed by atoms with Crippen molar-refractivity contribution in [2.45, 2.75) is 6.10 Å².